The number of amides is 1. The molecular weight excluding hydrogens is 424 g/mol. The van der Waals surface area contributed by atoms with E-state index in [9.17, 15) is 14.7 Å². The van der Waals surface area contributed by atoms with E-state index in [4.69, 9.17) is 16.0 Å². The first-order chi connectivity index (χ1) is 14.4. The van der Waals surface area contributed by atoms with Gasteiger partial charge in [0.05, 0.1) is 16.2 Å². The fraction of sp³-hybridized carbons (Fsp3) is 0.0455. The Morgan fingerprint density at radius 3 is 2.77 bits per heavy atom. The summed E-state index contributed by atoms with van der Waals surface area (Å²) >= 11 is 7.31. The third-order valence-corrected chi connectivity index (χ3v) is 5.68. The number of aryl methyl sites for hydroxylation is 1. The number of nitrogens with one attached hydrogen (secondary N) is 1. The summed E-state index contributed by atoms with van der Waals surface area (Å²) in [6, 6.07) is 15.4. The molecule has 0 atom stereocenters. The van der Waals surface area contributed by atoms with E-state index in [0.717, 1.165) is 5.56 Å². The quantitative estimate of drug-likeness (QED) is 0.525. The average Bonchev–Trinajstić information content (AvgIpc) is 3.31. The van der Waals surface area contributed by atoms with E-state index in [2.05, 4.69) is 10.3 Å². The summed E-state index contributed by atoms with van der Waals surface area (Å²) < 4.78 is 5.76. The van der Waals surface area contributed by atoms with E-state index < -0.39 is 5.97 Å². The van der Waals surface area contributed by atoms with Crippen molar-refractivity contribution in [1.82, 2.24) is 5.32 Å². The van der Waals surface area contributed by atoms with Crippen LogP contribution in [0.4, 0.5) is 5.69 Å². The number of hydrogen-bond donors (Lipinski definition) is 2. The monoisotopic (exact) mass is 438 g/mol. The molecule has 0 bridgehead atoms. The highest BCUT2D eigenvalue weighted by atomic mass is 35.5. The number of aliphatic imine (C=N–C) groups is 1. The lowest BCUT2D eigenvalue weighted by Gasteiger charge is -2.02. The molecule has 1 fully saturated rings. The van der Waals surface area contributed by atoms with Gasteiger partial charge < -0.3 is 14.8 Å². The summed E-state index contributed by atoms with van der Waals surface area (Å²) in [5.74, 6) is -0.487. The maximum atomic E-state index is 12.3. The van der Waals surface area contributed by atoms with Gasteiger partial charge in [-0.2, -0.15) is 0 Å². The lowest BCUT2D eigenvalue weighted by Crippen LogP contribution is -2.19. The molecular formula is C22H15ClN2O4S. The van der Waals surface area contributed by atoms with Crippen LogP contribution < -0.4 is 5.32 Å². The second-order valence-corrected chi connectivity index (χ2v) is 7.91. The summed E-state index contributed by atoms with van der Waals surface area (Å²) in [6.07, 6.45) is 1.59. The molecule has 0 spiro atoms. The third kappa shape index (κ3) is 4.17. The number of rotatable bonds is 4. The number of benzene rings is 2. The Labute approximate surface area is 181 Å². The van der Waals surface area contributed by atoms with Gasteiger partial charge in [0.1, 0.15) is 11.5 Å². The van der Waals surface area contributed by atoms with Gasteiger partial charge in [-0.15, -0.1) is 0 Å². The number of halogens is 1. The van der Waals surface area contributed by atoms with Gasteiger partial charge in [-0.25, -0.2) is 9.79 Å². The second kappa shape index (κ2) is 8.22. The molecule has 30 heavy (non-hydrogen) atoms. The zero-order valence-electron chi connectivity index (χ0n) is 15.7. The fourth-order valence-corrected chi connectivity index (χ4v) is 3.83. The molecule has 2 heterocycles. The summed E-state index contributed by atoms with van der Waals surface area (Å²) in [5.41, 5.74) is 2.20. The van der Waals surface area contributed by atoms with Gasteiger partial charge in [-0.05, 0) is 54.6 Å². The number of carbonyl (C=O) groups excluding carboxylic acids is 1. The van der Waals surface area contributed by atoms with Crippen molar-refractivity contribution in [2.45, 2.75) is 6.92 Å². The van der Waals surface area contributed by atoms with Gasteiger partial charge in [0.2, 0.25) is 0 Å². The van der Waals surface area contributed by atoms with Crippen LogP contribution in [0, 0.1) is 6.92 Å². The SMILES string of the molecule is Cc1ccc(N=C2NC(=O)/C(=C/c3ccc(-c4ccccc4C(=O)O)o3)S2)cc1Cl. The Kier molecular flexibility index (Phi) is 5.48. The van der Waals surface area contributed by atoms with E-state index >= 15 is 0 Å². The first-order valence-electron chi connectivity index (χ1n) is 8.89. The van der Waals surface area contributed by atoms with Gasteiger partial charge in [-0.3, -0.25) is 4.79 Å². The molecule has 150 valence electrons. The lowest BCUT2D eigenvalue weighted by atomic mass is 10.1. The minimum atomic E-state index is -1.04. The highest BCUT2D eigenvalue weighted by Gasteiger charge is 2.24. The fourth-order valence-electron chi connectivity index (χ4n) is 2.84. The van der Waals surface area contributed by atoms with Gasteiger partial charge in [0.25, 0.3) is 5.91 Å². The average molecular weight is 439 g/mol. The van der Waals surface area contributed by atoms with Crippen LogP contribution in [-0.4, -0.2) is 22.2 Å². The maximum absolute atomic E-state index is 12.3. The number of carboxylic acids is 1. The van der Waals surface area contributed by atoms with Gasteiger partial charge in [0.15, 0.2) is 5.17 Å². The van der Waals surface area contributed by atoms with Gasteiger partial charge in [-0.1, -0.05) is 35.9 Å². The molecule has 0 aliphatic carbocycles. The number of amidine groups is 1. The van der Waals surface area contributed by atoms with Crippen molar-refractivity contribution >= 4 is 52.2 Å². The molecule has 1 aromatic heterocycles. The summed E-state index contributed by atoms with van der Waals surface area (Å²) in [7, 11) is 0. The molecule has 1 amide bonds. The van der Waals surface area contributed by atoms with E-state index in [0.29, 0.717) is 37.9 Å². The molecule has 3 aromatic rings. The number of furan rings is 1. The highest BCUT2D eigenvalue weighted by molar-refractivity contribution is 8.18. The lowest BCUT2D eigenvalue weighted by molar-refractivity contribution is -0.115. The molecule has 2 N–H and O–H groups in total. The molecule has 2 aromatic carbocycles. The Balaban J connectivity index is 1.58. The standard InChI is InChI=1S/C22H15ClN2O4S/c1-12-6-7-13(10-17(12)23)24-22-25-20(26)19(30-22)11-14-8-9-18(29-14)15-4-2-3-5-16(15)21(27)28/h2-11H,1H3,(H,27,28)(H,24,25,26)/b19-11-. The Bertz CT molecular complexity index is 1230. The van der Waals surface area contributed by atoms with E-state index in [1.165, 1.54) is 17.8 Å². The Hall–Kier alpha value is -3.29. The molecule has 0 radical (unpaired) electrons. The Morgan fingerprint density at radius 1 is 1.20 bits per heavy atom. The van der Waals surface area contributed by atoms with Gasteiger partial charge in [0, 0.05) is 16.7 Å². The largest absolute Gasteiger partial charge is 0.478 e. The van der Waals surface area contributed by atoms with Crippen molar-refractivity contribution in [1.29, 1.82) is 0 Å². The smallest absolute Gasteiger partial charge is 0.336 e. The first kappa shape index (κ1) is 20.0. The number of nitrogens with zero attached hydrogens (tertiary/aromatic N) is 1. The van der Waals surface area contributed by atoms with Crippen LogP contribution in [0.2, 0.25) is 5.02 Å². The number of hydrogen-bond acceptors (Lipinski definition) is 5. The number of carboxylic acid groups (broad SMARTS) is 1. The van der Waals surface area contributed by atoms with Crippen molar-refractivity contribution in [2.24, 2.45) is 4.99 Å². The van der Waals surface area contributed by atoms with Crippen LogP contribution in [0.25, 0.3) is 17.4 Å². The zero-order valence-corrected chi connectivity index (χ0v) is 17.3. The van der Waals surface area contributed by atoms with E-state index in [-0.39, 0.29) is 11.5 Å². The van der Waals surface area contributed by atoms with Crippen LogP contribution in [0.1, 0.15) is 21.7 Å². The molecule has 0 unspecified atom stereocenters. The third-order valence-electron chi connectivity index (χ3n) is 4.36. The highest BCUT2D eigenvalue weighted by Crippen LogP contribution is 2.31. The maximum Gasteiger partial charge on any atom is 0.336 e. The molecule has 0 saturated carbocycles. The van der Waals surface area contributed by atoms with Crippen LogP contribution in [0.15, 0.2) is 68.9 Å². The molecule has 1 saturated heterocycles. The number of thioether (sulfide) groups is 1. The van der Waals surface area contributed by atoms with Crippen LogP contribution in [0.5, 0.6) is 0 Å². The molecule has 8 heteroatoms. The molecule has 6 nitrogen and oxygen atoms in total. The number of carbonyl (C=O) groups is 2. The van der Waals surface area contributed by atoms with Crippen LogP contribution >= 0.6 is 23.4 Å². The predicted molar refractivity (Wildman–Crippen MR) is 118 cm³/mol. The minimum Gasteiger partial charge on any atom is -0.478 e. The normalized spacial score (nSPS) is 16.3. The van der Waals surface area contributed by atoms with Crippen molar-refractivity contribution in [3.05, 3.63) is 81.4 Å². The van der Waals surface area contributed by atoms with Crippen LogP contribution in [-0.2, 0) is 4.79 Å². The second-order valence-electron chi connectivity index (χ2n) is 6.47. The van der Waals surface area contributed by atoms with Gasteiger partial charge >= 0.3 is 5.97 Å². The van der Waals surface area contributed by atoms with Crippen LogP contribution in [0.3, 0.4) is 0 Å². The minimum absolute atomic E-state index is 0.144. The summed E-state index contributed by atoms with van der Waals surface area (Å²) in [4.78, 5) is 28.5. The topological polar surface area (TPSA) is 91.9 Å². The molecule has 1 aliphatic rings. The van der Waals surface area contributed by atoms with Crippen molar-refractivity contribution < 1.29 is 19.1 Å². The first-order valence-corrected chi connectivity index (χ1v) is 10.1. The molecule has 1 aliphatic heterocycles. The van der Waals surface area contributed by atoms with Crippen molar-refractivity contribution in [3.8, 4) is 11.3 Å². The zero-order chi connectivity index (χ0) is 21.3. The summed E-state index contributed by atoms with van der Waals surface area (Å²) in [5, 5.41) is 13.1. The van der Waals surface area contributed by atoms with E-state index in [1.54, 1.807) is 42.5 Å². The van der Waals surface area contributed by atoms with Crippen molar-refractivity contribution in [2.75, 3.05) is 0 Å². The number of aromatic carboxylic acids is 1. The van der Waals surface area contributed by atoms with E-state index in [1.807, 2.05) is 19.1 Å². The predicted octanol–water partition coefficient (Wildman–Crippen LogP) is 5.50. The summed E-state index contributed by atoms with van der Waals surface area (Å²) in [6.45, 7) is 1.90. The van der Waals surface area contributed by atoms with Crippen molar-refractivity contribution in [3.63, 3.8) is 0 Å². The Morgan fingerprint density at radius 2 is 2.00 bits per heavy atom. The molecule has 4 rings (SSSR count).